The van der Waals surface area contributed by atoms with E-state index in [1.54, 1.807) is 0 Å². The Bertz CT molecular complexity index is 845. The molecular formula is C14H10ClFN2O2S. The average molecular weight is 325 g/mol. The highest BCUT2D eigenvalue weighted by atomic mass is 35.5. The molecule has 0 unspecified atom stereocenters. The van der Waals surface area contributed by atoms with E-state index >= 15 is 0 Å². The lowest BCUT2D eigenvalue weighted by Crippen LogP contribution is -2.13. The number of nitrogens with zero attached hydrogens (tertiary/aromatic N) is 1. The fourth-order valence-electron chi connectivity index (χ4n) is 1.67. The topological polar surface area (TPSA) is 70.0 Å². The van der Waals surface area contributed by atoms with Gasteiger partial charge in [-0.3, -0.25) is 4.72 Å². The van der Waals surface area contributed by atoms with Crippen molar-refractivity contribution in [3.8, 4) is 6.07 Å². The Morgan fingerprint density at radius 3 is 2.67 bits per heavy atom. The zero-order valence-corrected chi connectivity index (χ0v) is 12.5. The van der Waals surface area contributed by atoms with Gasteiger partial charge >= 0.3 is 0 Å². The van der Waals surface area contributed by atoms with E-state index in [-0.39, 0.29) is 26.7 Å². The highest BCUT2D eigenvalue weighted by Crippen LogP contribution is 2.27. The zero-order valence-electron chi connectivity index (χ0n) is 10.9. The van der Waals surface area contributed by atoms with Crippen molar-refractivity contribution in [1.82, 2.24) is 0 Å². The highest BCUT2D eigenvalue weighted by Gasteiger charge is 2.17. The summed E-state index contributed by atoms with van der Waals surface area (Å²) in [6.45, 7) is 1.50. The second-order valence-electron chi connectivity index (χ2n) is 4.33. The first-order chi connectivity index (χ1) is 9.83. The van der Waals surface area contributed by atoms with E-state index in [1.807, 2.05) is 6.07 Å². The maximum atomic E-state index is 13.3. The van der Waals surface area contributed by atoms with Crippen molar-refractivity contribution in [2.24, 2.45) is 0 Å². The van der Waals surface area contributed by atoms with Crippen molar-refractivity contribution in [2.45, 2.75) is 11.8 Å². The lowest BCUT2D eigenvalue weighted by molar-refractivity contribution is 0.601. The smallest absolute Gasteiger partial charge is 0.261 e. The van der Waals surface area contributed by atoms with Gasteiger partial charge in [-0.25, -0.2) is 12.8 Å². The van der Waals surface area contributed by atoms with E-state index in [0.29, 0.717) is 0 Å². The first kappa shape index (κ1) is 15.3. The molecule has 2 aromatic rings. The number of rotatable bonds is 3. The molecule has 0 aliphatic carbocycles. The molecule has 0 aliphatic heterocycles. The van der Waals surface area contributed by atoms with Gasteiger partial charge in [0.1, 0.15) is 5.82 Å². The van der Waals surface area contributed by atoms with Crippen LogP contribution in [0.5, 0.6) is 0 Å². The first-order valence-electron chi connectivity index (χ1n) is 5.82. The molecule has 4 nitrogen and oxygen atoms in total. The monoisotopic (exact) mass is 324 g/mol. The molecule has 0 atom stereocenters. The molecule has 7 heteroatoms. The predicted octanol–water partition coefficient (Wildman–Crippen LogP) is 3.46. The van der Waals surface area contributed by atoms with Crippen LogP contribution in [0, 0.1) is 24.1 Å². The van der Waals surface area contributed by atoms with E-state index in [0.717, 1.165) is 6.07 Å². The van der Waals surface area contributed by atoms with Crippen LogP contribution in [0.4, 0.5) is 10.1 Å². The van der Waals surface area contributed by atoms with Gasteiger partial charge in [-0.05, 0) is 42.8 Å². The second-order valence-corrected chi connectivity index (χ2v) is 6.42. The Labute approximate surface area is 126 Å². The minimum absolute atomic E-state index is 0.0434. The van der Waals surface area contributed by atoms with E-state index in [4.69, 9.17) is 16.9 Å². The van der Waals surface area contributed by atoms with Gasteiger partial charge in [0.2, 0.25) is 0 Å². The number of aryl methyl sites for hydroxylation is 1. The molecule has 0 radical (unpaired) electrons. The third-order valence-electron chi connectivity index (χ3n) is 2.77. The maximum Gasteiger partial charge on any atom is 0.261 e. The minimum atomic E-state index is -3.91. The summed E-state index contributed by atoms with van der Waals surface area (Å²) in [7, 11) is -3.91. The van der Waals surface area contributed by atoms with Crippen LogP contribution >= 0.6 is 11.6 Å². The molecule has 2 rings (SSSR count). The quantitative estimate of drug-likeness (QED) is 0.940. The standard InChI is InChI=1S/C14H10ClFN2O2S/c1-9-5-14(12(15)7-13(9)16)18-21(19,20)11-4-2-3-10(6-11)8-17/h2-7,18H,1H3. The molecule has 0 bridgehead atoms. The molecule has 0 fully saturated rings. The molecule has 0 amide bonds. The van der Waals surface area contributed by atoms with Gasteiger partial charge in [-0.15, -0.1) is 0 Å². The fourth-order valence-corrected chi connectivity index (χ4v) is 3.04. The number of nitrogens with one attached hydrogen (secondary N) is 1. The van der Waals surface area contributed by atoms with Crippen LogP contribution < -0.4 is 4.72 Å². The largest absolute Gasteiger partial charge is 0.278 e. The van der Waals surface area contributed by atoms with Crippen molar-refractivity contribution < 1.29 is 12.8 Å². The van der Waals surface area contributed by atoms with Crippen LogP contribution in [0.25, 0.3) is 0 Å². The van der Waals surface area contributed by atoms with Gasteiger partial charge in [-0.2, -0.15) is 5.26 Å². The summed E-state index contributed by atoms with van der Waals surface area (Å²) in [4.78, 5) is -0.0698. The molecule has 21 heavy (non-hydrogen) atoms. The Morgan fingerprint density at radius 2 is 2.00 bits per heavy atom. The van der Waals surface area contributed by atoms with Crippen LogP contribution in [0.1, 0.15) is 11.1 Å². The number of benzene rings is 2. The maximum absolute atomic E-state index is 13.3. The Morgan fingerprint density at radius 1 is 1.29 bits per heavy atom. The van der Waals surface area contributed by atoms with Gasteiger partial charge in [0.05, 0.1) is 27.2 Å². The van der Waals surface area contributed by atoms with Crippen LogP contribution in [-0.2, 0) is 10.0 Å². The number of nitriles is 1. The molecule has 108 valence electrons. The van der Waals surface area contributed by atoms with Gasteiger partial charge in [0.25, 0.3) is 10.0 Å². The molecule has 0 heterocycles. The predicted molar refractivity (Wildman–Crippen MR) is 78.1 cm³/mol. The van der Waals surface area contributed by atoms with Crippen molar-refractivity contribution >= 4 is 27.3 Å². The Kier molecular flexibility index (Phi) is 4.16. The van der Waals surface area contributed by atoms with Crippen molar-refractivity contribution in [1.29, 1.82) is 5.26 Å². The summed E-state index contributed by atoms with van der Waals surface area (Å²) in [5, 5.41) is 8.76. The van der Waals surface area contributed by atoms with Crippen LogP contribution in [0.3, 0.4) is 0 Å². The second kappa shape index (κ2) is 5.72. The molecule has 2 aromatic carbocycles. The summed E-state index contributed by atoms with van der Waals surface area (Å²) in [6.07, 6.45) is 0. The number of anilines is 1. The minimum Gasteiger partial charge on any atom is -0.278 e. The highest BCUT2D eigenvalue weighted by molar-refractivity contribution is 7.92. The molecular weight excluding hydrogens is 315 g/mol. The average Bonchev–Trinajstić information content (AvgIpc) is 2.44. The van der Waals surface area contributed by atoms with E-state index in [1.165, 1.54) is 37.3 Å². The summed E-state index contributed by atoms with van der Waals surface area (Å²) >= 11 is 5.83. The number of hydrogen-bond acceptors (Lipinski definition) is 3. The molecule has 0 aromatic heterocycles. The van der Waals surface area contributed by atoms with Gasteiger partial charge in [0, 0.05) is 0 Å². The van der Waals surface area contributed by atoms with E-state index < -0.39 is 15.8 Å². The Hall–Kier alpha value is -2.10. The first-order valence-corrected chi connectivity index (χ1v) is 7.68. The van der Waals surface area contributed by atoms with Gasteiger partial charge in [-0.1, -0.05) is 17.7 Å². The zero-order chi connectivity index (χ0) is 15.6. The normalized spacial score (nSPS) is 11.0. The van der Waals surface area contributed by atoms with Crippen molar-refractivity contribution in [3.05, 3.63) is 58.4 Å². The molecule has 0 aliphatic rings. The third-order valence-corrected chi connectivity index (χ3v) is 4.44. The third kappa shape index (κ3) is 3.32. The summed E-state index contributed by atoms with van der Waals surface area (Å²) in [5.41, 5.74) is 0.570. The van der Waals surface area contributed by atoms with Crippen LogP contribution in [0.2, 0.25) is 5.02 Å². The number of halogens is 2. The van der Waals surface area contributed by atoms with Gasteiger partial charge < -0.3 is 0 Å². The van der Waals surface area contributed by atoms with E-state index in [2.05, 4.69) is 4.72 Å². The molecule has 0 saturated carbocycles. The molecule has 0 spiro atoms. The van der Waals surface area contributed by atoms with Crippen molar-refractivity contribution in [2.75, 3.05) is 4.72 Å². The summed E-state index contributed by atoms with van der Waals surface area (Å²) in [5.74, 6) is -0.519. The van der Waals surface area contributed by atoms with Gasteiger partial charge in [0.15, 0.2) is 0 Å². The number of sulfonamides is 1. The molecule has 1 N–H and O–H groups in total. The lowest BCUT2D eigenvalue weighted by atomic mass is 10.2. The molecule has 0 saturated heterocycles. The lowest BCUT2D eigenvalue weighted by Gasteiger charge is -2.11. The summed E-state index contributed by atoms with van der Waals surface area (Å²) in [6, 6.07) is 9.77. The van der Waals surface area contributed by atoms with Crippen LogP contribution in [-0.4, -0.2) is 8.42 Å². The van der Waals surface area contributed by atoms with E-state index in [9.17, 15) is 12.8 Å². The SMILES string of the molecule is Cc1cc(NS(=O)(=O)c2cccc(C#N)c2)c(Cl)cc1F. The van der Waals surface area contributed by atoms with Crippen molar-refractivity contribution in [3.63, 3.8) is 0 Å². The number of hydrogen-bond donors (Lipinski definition) is 1. The van der Waals surface area contributed by atoms with Crippen LogP contribution in [0.15, 0.2) is 41.3 Å². The fraction of sp³-hybridized carbons (Fsp3) is 0.0714. The Balaban J connectivity index is 2.42. The summed E-state index contributed by atoms with van der Waals surface area (Å²) < 4.78 is 40.1.